The smallest absolute Gasteiger partial charge is 0.00703 e. The van der Waals surface area contributed by atoms with Crippen molar-refractivity contribution in [1.29, 1.82) is 0 Å². The van der Waals surface area contributed by atoms with Crippen LogP contribution in [0.2, 0.25) is 0 Å². The molecule has 0 bridgehead atoms. The van der Waals surface area contributed by atoms with Gasteiger partial charge in [0.15, 0.2) is 0 Å². The summed E-state index contributed by atoms with van der Waals surface area (Å²) in [5, 5.41) is 0. The molecule has 0 fully saturated rings. The van der Waals surface area contributed by atoms with Gasteiger partial charge in [0.1, 0.15) is 0 Å². The standard InChI is InChI=1S/C16H27N/c1-5-13(4)14-8-10-15(11-9-14)16(6-2,7-3)12-17/h8-11,13H,5-7,12,17H2,1-4H3. The summed E-state index contributed by atoms with van der Waals surface area (Å²) in [7, 11) is 0. The molecule has 96 valence electrons. The van der Waals surface area contributed by atoms with Crippen molar-refractivity contribution in [3.63, 3.8) is 0 Å². The van der Waals surface area contributed by atoms with E-state index < -0.39 is 0 Å². The molecule has 1 unspecified atom stereocenters. The monoisotopic (exact) mass is 233 g/mol. The number of hydrogen-bond donors (Lipinski definition) is 1. The maximum absolute atomic E-state index is 5.98. The predicted octanol–water partition coefficient (Wildman–Crippen LogP) is 4.22. The molecule has 1 aromatic rings. The van der Waals surface area contributed by atoms with E-state index in [9.17, 15) is 0 Å². The van der Waals surface area contributed by atoms with Crippen molar-refractivity contribution >= 4 is 0 Å². The Morgan fingerprint density at radius 3 is 1.94 bits per heavy atom. The van der Waals surface area contributed by atoms with E-state index in [1.165, 1.54) is 17.5 Å². The molecule has 0 aliphatic heterocycles. The van der Waals surface area contributed by atoms with Crippen LogP contribution in [0.5, 0.6) is 0 Å². The first-order valence-electron chi connectivity index (χ1n) is 6.94. The molecular weight excluding hydrogens is 206 g/mol. The molecule has 1 aromatic carbocycles. The minimum absolute atomic E-state index is 0.175. The summed E-state index contributed by atoms with van der Waals surface area (Å²) in [5.41, 5.74) is 9.00. The Bertz CT molecular complexity index is 314. The molecule has 1 atom stereocenters. The van der Waals surface area contributed by atoms with Crippen LogP contribution in [0.3, 0.4) is 0 Å². The zero-order valence-corrected chi connectivity index (χ0v) is 11.8. The maximum Gasteiger partial charge on any atom is 0.00703 e. The summed E-state index contributed by atoms with van der Waals surface area (Å²) in [4.78, 5) is 0. The summed E-state index contributed by atoms with van der Waals surface area (Å²) < 4.78 is 0. The van der Waals surface area contributed by atoms with Crippen LogP contribution in [-0.2, 0) is 5.41 Å². The predicted molar refractivity (Wildman–Crippen MR) is 76.5 cm³/mol. The van der Waals surface area contributed by atoms with E-state index in [1.807, 2.05) is 0 Å². The van der Waals surface area contributed by atoms with Gasteiger partial charge in [0.2, 0.25) is 0 Å². The number of rotatable bonds is 6. The summed E-state index contributed by atoms with van der Waals surface area (Å²) in [6.45, 7) is 9.73. The fraction of sp³-hybridized carbons (Fsp3) is 0.625. The zero-order chi connectivity index (χ0) is 12.9. The first-order valence-corrected chi connectivity index (χ1v) is 6.94. The quantitative estimate of drug-likeness (QED) is 0.782. The number of nitrogens with two attached hydrogens (primary N) is 1. The largest absolute Gasteiger partial charge is 0.330 e. The van der Waals surface area contributed by atoms with Crippen LogP contribution >= 0.6 is 0 Å². The van der Waals surface area contributed by atoms with E-state index in [1.54, 1.807) is 0 Å². The second-order valence-corrected chi connectivity index (χ2v) is 5.12. The molecule has 0 spiro atoms. The Hall–Kier alpha value is -0.820. The van der Waals surface area contributed by atoms with Crippen LogP contribution in [-0.4, -0.2) is 6.54 Å². The average Bonchev–Trinajstić information content (AvgIpc) is 2.41. The van der Waals surface area contributed by atoms with Crippen molar-refractivity contribution in [2.45, 2.75) is 58.3 Å². The topological polar surface area (TPSA) is 26.0 Å². The Labute approximate surface area is 106 Å². The van der Waals surface area contributed by atoms with Gasteiger partial charge in [0, 0.05) is 12.0 Å². The lowest BCUT2D eigenvalue weighted by atomic mass is 9.75. The first-order chi connectivity index (χ1) is 8.13. The lowest BCUT2D eigenvalue weighted by Gasteiger charge is -2.31. The van der Waals surface area contributed by atoms with Crippen LogP contribution in [0.25, 0.3) is 0 Å². The highest BCUT2D eigenvalue weighted by Gasteiger charge is 2.26. The van der Waals surface area contributed by atoms with E-state index in [2.05, 4.69) is 52.0 Å². The first kappa shape index (κ1) is 14.2. The van der Waals surface area contributed by atoms with Crippen LogP contribution in [0.1, 0.15) is 64.0 Å². The summed E-state index contributed by atoms with van der Waals surface area (Å²) in [6.07, 6.45) is 3.42. The van der Waals surface area contributed by atoms with Crippen molar-refractivity contribution in [2.24, 2.45) is 5.73 Å². The molecular formula is C16H27N. The molecule has 0 heterocycles. The van der Waals surface area contributed by atoms with Gasteiger partial charge in [-0.15, -0.1) is 0 Å². The molecule has 0 aliphatic carbocycles. The number of benzene rings is 1. The Kier molecular flexibility index (Phi) is 5.20. The van der Waals surface area contributed by atoms with E-state index in [0.717, 1.165) is 19.4 Å². The highest BCUT2D eigenvalue weighted by molar-refractivity contribution is 5.31. The van der Waals surface area contributed by atoms with Crippen LogP contribution in [0.15, 0.2) is 24.3 Å². The Morgan fingerprint density at radius 2 is 1.59 bits per heavy atom. The van der Waals surface area contributed by atoms with Gasteiger partial charge < -0.3 is 5.73 Å². The molecule has 0 aliphatic rings. The van der Waals surface area contributed by atoms with Gasteiger partial charge >= 0.3 is 0 Å². The third kappa shape index (κ3) is 2.90. The third-order valence-electron chi connectivity index (χ3n) is 4.45. The van der Waals surface area contributed by atoms with Gasteiger partial charge in [-0.2, -0.15) is 0 Å². The summed E-state index contributed by atoms with van der Waals surface area (Å²) >= 11 is 0. The molecule has 2 N–H and O–H groups in total. The van der Waals surface area contributed by atoms with Crippen molar-refractivity contribution in [3.05, 3.63) is 35.4 Å². The molecule has 0 saturated carbocycles. The highest BCUT2D eigenvalue weighted by atomic mass is 14.6. The minimum Gasteiger partial charge on any atom is -0.330 e. The molecule has 0 aromatic heterocycles. The van der Waals surface area contributed by atoms with Crippen LogP contribution in [0.4, 0.5) is 0 Å². The second-order valence-electron chi connectivity index (χ2n) is 5.12. The van der Waals surface area contributed by atoms with Gasteiger partial charge in [-0.3, -0.25) is 0 Å². The molecule has 1 nitrogen and oxygen atoms in total. The average molecular weight is 233 g/mol. The van der Waals surface area contributed by atoms with Crippen LogP contribution in [0, 0.1) is 0 Å². The Balaban J connectivity index is 3.00. The Morgan fingerprint density at radius 1 is 1.06 bits per heavy atom. The molecule has 17 heavy (non-hydrogen) atoms. The normalized spacial score (nSPS) is 13.7. The molecule has 0 saturated heterocycles. The second kappa shape index (κ2) is 6.20. The lowest BCUT2D eigenvalue weighted by molar-refractivity contribution is 0.406. The van der Waals surface area contributed by atoms with Gasteiger partial charge in [0.25, 0.3) is 0 Å². The highest BCUT2D eigenvalue weighted by Crippen LogP contribution is 2.31. The molecule has 0 radical (unpaired) electrons. The van der Waals surface area contributed by atoms with Gasteiger partial charge in [-0.25, -0.2) is 0 Å². The maximum atomic E-state index is 5.98. The van der Waals surface area contributed by atoms with Gasteiger partial charge in [0.05, 0.1) is 0 Å². The zero-order valence-electron chi connectivity index (χ0n) is 11.8. The van der Waals surface area contributed by atoms with E-state index in [4.69, 9.17) is 5.73 Å². The molecule has 1 rings (SSSR count). The van der Waals surface area contributed by atoms with Gasteiger partial charge in [-0.05, 0) is 36.3 Å². The van der Waals surface area contributed by atoms with Crippen molar-refractivity contribution < 1.29 is 0 Å². The SMILES string of the molecule is CCC(C)c1ccc(C(CC)(CC)CN)cc1. The third-order valence-corrected chi connectivity index (χ3v) is 4.45. The summed E-state index contributed by atoms with van der Waals surface area (Å²) in [6, 6.07) is 9.11. The van der Waals surface area contributed by atoms with E-state index >= 15 is 0 Å². The van der Waals surface area contributed by atoms with Gasteiger partial charge in [-0.1, -0.05) is 52.0 Å². The molecule has 0 amide bonds. The van der Waals surface area contributed by atoms with Crippen molar-refractivity contribution in [3.8, 4) is 0 Å². The van der Waals surface area contributed by atoms with Crippen LogP contribution < -0.4 is 5.73 Å². The van der Waals surface area contributed by atoms with Crippen molar-refractivity contribution in [1.82, 2.24) is 0 Å². The summed E-state index contributed by atoms with van der Waals surface area (Å²) in [5.74, 6) is 0.652. The van der Waals surface area contributed by atoms with E-state index in [0.29, 0.717) is 5.92 Å². The fourth-order valence-electron chi connectivity index (χ4n) is 2.47. The van der Waals surface area contributed by atoms with E-state index in [-0.39, 0.29) is 5.41 Å². The fourth-order valence-corrected chi connectivity index (χ4v) is 2.47. The molecule has 1 heteroatoms. The number of hydrogen-bond acceptors (Lipinski definition) is 1. The lowest BCUT2D eigenvalue weighted by Crippen LogP contribution is -2.33. The van der Waals surface area contributed by atoms with Crippen molar-refractivity contribution in [2.75, 3.05) is 6.54 Å². The minimum atomic E-state index is 0.175.